The Hall–Kier alpha value is -2.30. The highest BCUT2D eigenvalue weighted by Crippen LogP contribution is 2.23. The number of ether oxygens (including phenoxy) is 1. The molecule has 4 nitrogen and oxygen atoms in total. The molecule has 1 heterocycles. The van der Waals surface area contributed by atoms with E-state index in [0.29, 0.717) is 34.0 Å². The molecule has 1 aromatic heterocycles. The second-order valence-electron chi connectivity index (χ2n) is 4.78. The fourth-order valence-electron chi connectivity index (χ4n) is 1.94. The number of benzene rings is 2. The van der Waals surface area contributed by atoms with Crippen LogP contribution in [0.15, 0.2) is 60.9 Å². The van der Waals surface area contributed by atoms with Crippen LogP contribution in [0, 0.1) is 0 Å². The summed E-state index contributed by atoms with van der Waals surface area (Å²) in [6, 6.07) is 16.5. The van der Waals surface area contributed by atoms with Crippen LogP contribution in [0.2, 0.25) is 10.0 Å². The normalized spacial score (nSPS) is 10.3. The first kappa shape index (κ1) is 15.6. The van der Waals surface area contributed by atoms with Gasteiger partial charge in [0.2, 0.25) is 5.88 Å². The van der Waals surface area contributed by atoms with Crippen molar-refractivity contribution in [3.05, 3.63) is 76.5 Å². The van der Waals surface area contributed by atoms with E-state index in [4.69, 9.17) is 27.9 Å². The maximum atomic E-state index is 5.94. The maximum absolute atomic E-state index is 5.94. The summed E-state index contributed by atoms with van der Waals surface area (Å²) in [6.45, 7) is 0.630. The molecule has 0 amide bonds. The molecule has 2 aromatic carbocycles. The van der Waals surface area contributed by atoms with Gasteiger partial charge in [-0.1, -0.05) is 41.4 Å². The molecule has 0 aliphatic rings. The number of hydrogen-bond acceptors (Lipinski definition) is 4. The molecule has 0 atom stereocenters. The Bertz CT molecular complexity index is 794. The zero-order valence-corrected chi connectivity index (χ0v) is 13.6. The summed E-state index contributed by atoms with van der Waals surface area (Å²) in [5.74, 6) is 1.74. The number of nitrogens with zero attached hydrogens (tertiary/aromatic N) is 2. The number of anilines is 1. The molecular formula is C17H13Cl2N3O. The predicted octanol–water partition coefficient (Wildman–Crippen LogP) is 5.19. The van der Waals surface area contributed by atoms with E-state index in [1.807, 2.05) is 36.4 Å². The van der Waals surface area contributed by atoms with Crippen molar-refractivity contribution in [3.63, 3.8) is 0 Å². The highest BCUT2D eigenvalue weighted by molar-refractivity contribution is 6.30. The monoisotopic (exact) mass is 345 g/mol. The van der Waals surface area contributed by atoms with Gasteiger partial charge in [0, 0.05) is 22.7 Å². The van der Waals surface area contributed by atoms with E-state index in [0.717, 1.165) is 5.56 Å². The van der Waals surface area contributed by atoms with E-state index in [-0.39, 0.29) is 0 Å². The third kappa shape index (κ3) is 4.58. The fraction of sp³-hybridized carbons (Fsp3) is 0.0588. The van der Waals surface area contributed by atoms with Crippen LogP contribution in [0.25, 0.3) is 0 Å². The van der Waals surface area contributed by atoms with Crippen molar-refractivity contribution in [2.24, 2.45) is 0 Å². The van der Waals surface area contributed by atoms with Crippen LogP contribution in [0.5, 0.6) is 11.6 Å². The summed E-state index contributed by atoms with van der Waals surface area (Å²) in [5.41, 5.74) is 1.10. The molecule has 0 spiro atoms. The number of aromatic nitrogens is 2. The van der Waals surface area contributed by atoms with Gasteiger partial charge in [-0.3, -0.25) is 0 Å². The molecule has 3 rings (SSSR count). The van der Waals surface area contributed by atoms with Gasteiger partial charge in [-0.2, -0.15) is 0 Å². The summed E-state index contributed by atoms with van der Waals surface area (Å²) in [5, 5.41) is 4.54. The first-order chi connectivity index (χ1) is 11.2. The van der Waals surface area contributed by atoms with E-state index < -0.39 is 0 Å². The topological polar surface area (TPSA) is 47.0 Å². The average Bonchev–Trinajstić information content (AvgIpc) is 2.55. The van der Waals surface area contributed by atoms with E-state index in [2.05, 4.69) is 15.3 Å². The number of halogens is 2. The third-order valence-electron chi connectivity index (χ3n) is 3.05. The SMILES string of the molecule is Clc1ccc(CNc2cc(Oc3cccc(Cl)c3)ncn2)cc1. The average molecular weight is 346 g/mol. The van der Waals surface area contributed by atoms with Gasteiger partial charge < -0.3 is 10.1 Å². The second kappa shape index (κ2) is 7.31. The van der Waals surface area contributed by atoms with Crippen LogP contribution in [0.3, 0.4) is 0 Å². The summed E-state index contributed by atoms with van der Waals surface area (Å²) >= 11 is 11.8. The molecule has 0 aliphatic carbocycles. The largest absolute Gasteiger partial charge is 0.439 e. The van der Waals surface area contributed by atoms with Crippen LogP contribution >= 0.6 is 23.2 Å². The minimum atomic E-state index is 0.445. The molecule has 0 saturated carbocycles. The Morgan fingerprint density at radius 2 is 1.74 bits per heavy atom. The summed E-state index contributed by atoms with van der Waals surface area (Å²) in [4.78, 5) is 8.27. The Kier molecular flexibility index (Phi) is 4.95. The van der Waals surface area contributed by atoms with Gasteiger partial charge in [-0.15, -0.1) is 0 Å². The molecule has 3 aromatic rings. The van der Waals surface area contributed by atoms with Crippen molar-refractivity contribution in [1.82, 2.24) is 9.97 Å². The summed E-state index contributed by atoms with van der Waals surface area (Å²) < 4.78 is 5.67. The second-order valence-corrected chi connectivity index (χ2v) is 5.65. The van der Waals surface area contributed by atoms with Crippen molar-refractivity contribution in [2.75, 3.05) is 5.32 Å². The molecule has 0 aliphatic heterocycles. The Balaban J connectivity index is 1.66. The molecule has 0 radical (unpaired) electrons. The quantitative estimate of drug-likeness (QED) is 0.691. The van der Waals surface area contributed by atoms with Gasteiger partial charge in [-0.25, -0.2) is 9.97 Å². The highest BCUT2D eigenvalue weighted by Gasteiger charge is 2.03. The minimum Gasteiger partial charge on any atom is -0.439 e. The van der Waals surface area contributed by atoms with Gasteiger partial charge >= 0.3 is 0 Å². The summed E-state index contributed by atoms with van der Waals surface area (Å²) in [7, 11) is 0. The van der Waals surface area contributed by atoms with Gasteiger partial charge in [0.1, 0.15) is 17.9 Å². The first-order valence-electron chi connectivity index (χ1n) is 6.93. The molecule has 23 heavy (non-hydrogen) atoms. The van der Waals surface area contributed by atoms with Gasteiger partial charge in [0.15, 0.2) is 0 Å². The molecule has 0 bridgehead atoms. The minimum absolute atomic E-state index is 0.445. The van der Waals surface area contributed by atoms with E-state index in [9.17, 15) is 0 Å². The Morgan fingerprint density at radius 1 is 0.913 bits per heavy atom. The lowest BCUT2D eigenvalue weighted by Gasteiger charge is -2.08. The van der Waals surface area contributed by atoms with Crippen molar-refractivity contribution in [1.29, 1.82) is 0 Å². The van der Waals surface area contributed by atoms with Crippen LogP contribution in [0.4, 0.5) is 5.82 Å². The first-order valence-corrected chi connectivity index (χ1v) is 7.68. The zero-order valence-electron chi connectivity index (χ0n) is 12.0. The van der Waals surface area contributed by atoms with Crippen LogP contribution < -0.4 is 10.1 Å². The van der Waals surface area contributed by atoms with Crippen molar-refractivity contribution >= 4 is 29.0 Å². The number of hydrogen-bond donors (Lipinski definition) is 1. The lowest BCUT2D eigenvalue weighted by Crippen LogP contribution is -2.02. The molecule has 116 valence electrons. The lowest BCUT2D eigenvalue weighted by molar-refractivity contribution is 0.462. The molecule has 0 saturated heterocycles. The van der Waals surface area contributed by atoms with Crippen LogP contribution in [-0.4, -0.2) is 9.97 Å². The Morgan fingerprint density at radius 3 is 2.52 bits per heavy atom. The van der Waals surface area contributed by atoms with Gasteiger partial charge in [-0.05, 0) is 35.9 Å². The zero-order chi connectivity index (χ0) is 16.1. The summed E-state index contributed by atoms with van der Waals surface area (Å²) in [6.07, 6.45) is 1.45. The van der Waals surface area contributed by atoms with Crippen LogP contribution in [-0.2, 0) is 6.54 Å². The third-order valence-corrected chi connectivity index (χ3v) is 3.53. The molecule has 0 fully saturated rings. The van der Waals surface area contributed by atoms with Crippen molar-refractivity contribution in [3.8, 4) is 11.6 Å². The smallest absolute Gasteiger partial charge is 0.224 e. The highest BCUT2D eigenvalue weighted by atomic mass is 35.5. The molecule has 1 N–H and O–H groups in total. The number of nitrogens with one attached hydrogen (secondary N) is 1. The molecular weight excluding hydrogens is 333 g/mol. The maximum Gasteiger partial charge on any atom is 0.224 e. The predicted molar refractivity (Wildman–Crippen MR) is 92.3 cm³/mol. The van der Waals surface area contributed by atoms with E-state index in [1.54, 1.807) is 18.2 Å². The van der Waals surface area contributed by atoms with E-state index in [1.165, 1.54) is 6.33 Å². The molecule has 0 unspecified atom stereocenters. The molecule has 6 heteroatoms. The van der Waals surface area contributed by atoms with Crippen molar-refractivity contribution in [2.45, 2.75) is 6.54 Å². The Labute approximate surface area is 144 Å². The van der Waals surface area contributed by atoms with Crippen molar-refractivity contribution < 1.29 is 4.74 Å². The van der Waals surface area contributed by atoms with Crippen LogP contribution in [0.1, 0.15) is 5.56 Å². The fourth-order valence-corrected chi connectivity index (χ4v) is 2.24. The van der Waals surface area contributed by atoms with Gasteiger partial charge in [0.05, 0.1) is 0 Å². The van der Waals surface area contributed by atoms with E-state index >= 15 is 0 Å². The lowest BCUT2D eigenvalue weighted by atomic mass is 10.2. The standard InChI is InChI=1S/C17H13Cl2N3O/c18-13-6-4-12(5-7-13)10-20-16-9-17(22-11-21-16)23-15-3-1-2-14(19)8-15/h1-9,11H,10H2,(H,20,21,22). The number of rotatable bonds is 5. The van der Waals surface area contributed by atoms with Gasteiger partial charge in [0.25, 0.3) is 0 Å².